The Morgan fingerprint density at radius 3 is 2.56 bits per heavy atom. The number of likely N-dealkylation sites (N-methyl/N-ethyl adjacent to an activating group) is 1. The summed E-state index contributed by atoms with van der Waals surface area (Å²) >= 11 is 0. The van der Waals surface area contributed by atoms with Crippen LogP contribution in [-0.2, 0) is 9.59 Å². The first kappa shape index (κ1) is 16.4. The zero-order valence-corrected chi connectivity index (χ0v) is 13.5. The molecule has 0 unspecified atom stereocenters. The number of carbonyl (C=O) groups excluding carboxylic acids is 2. The van der Waals surface area contributed by atoms with Crippen LogP contribution in [0.25, 0.3) is 17.4 Å². The van der Waals surface area contributed by atoms with E-state index in [0.717, 1.165) is 4.90 Å². The lowest BCUT2D eigenvalue weighted by Gasteiger charge is -2.23. The Bertz CT molecular complexity index is 992. The molecule has 124 valence electrons. The summed E-state index contributed by atoms with van der Waals surface area (Å²) in [6.45, 7) is 1.54. The normalized spacial score (nSPS) is 16.6. The molecule has 0 saturated heterocycles. The molecule has 1 aromatic carbocycles. The van der Waals surface area contributed by atoms with E-state index in [9.17, 15) is 14.0 Å². The number of hydrogen-bond acceptors (Lipinski definition) is 4. The van der Waals surface area contributed by atoms with Crippen LogP contribution in [0, 0.1) is 17.1 Å². The quantitative estimate of drug-likeness (QED) is 0.623. The highest BCUT2D eigenvalue weighted by Crippen LogP contribution is 2.29. The predicted molar refractivity (Wildman–Crippen MR) is 88.2 cm³/mol. The van der Waals surface area contributed by atoms with Gasteiger partial charge in [0.15, 0.2) is 0 Å². The molecule has 0 spiro atoms. The molecule has 2 heterocycles. The molecule has 3 rings (SSSR count). The van der Waals surface area contributed by atoms with Gasteiger partial charge in [-0.1, -0.05) is 12.1 Å². The van der Waals surface area contributed by atoms with Gasteiger partial charge >= 0.3 is 0 Å². The molecule has 6 heteroatoms. The number of imide groups is 1. The number of halogens is 1. The van der Waals surface area contributed by atoms with Gasteiger partial charge in [0.1, 0.15) is 29.0 Å². The minimum atomic E-state index is -0.631. The highest BCUT2D eigenvalue weighted by atomic mass is 19.1. The van der Waals surface area contributed by atoms with Crippen molar-refractivity contribution >= 4 is 17.9 Å². The van der Waals surface area contributed by atoms with Crippen molar-refractivity contribution < 1.29 is 18.4 Å². The molecule has 5 nitrogen and oxygen atoms in total. The summed E-state index contributed by atoms with van der Waals surface area (Å²) in [5.41, 5.74) is 0.696. The lowest BCUT2D eigenvalue weighted by Crippen LogP contribution is -2.39. The average Bonchev–Trinajstić information content (AvgIpc) is 3.06. The third kappa shape index (κ3) is 2.76. The van der Waals surface area contributed by atoms with Gasteiger partial charge in [-0.15, -0.1) is 0 Å². The molecule has 0 N–H and O–H groups in total. The van der Waals surface area contributed by atoms with E-state index in [1.165, 1.54) is 26.1 Å². The first-order chi connectivity index (χ1) is 11.9. The van der Waals surface area contributed by atoms with Gasteiger partial charge in [0, 0.05) is 12.6 Å². The van der Waals surface area contributed by atoms with Crippen LogP contribution < -0.4 is 0 Å². The molecule has 1 aliphatic heterocycles. The summed E-state index contributed by atoms with van der Waals surface area (Å²) in [5.74, 6) is -0.933. The van der Waals surface area contributed by atoms with Crippen LogP contribution in [0.3, 0.4) is 0 Å². The summed E-state index contributed by atoms with van der Waals surface area (Å²) in [7, 11) is 1.31. The Morgan fingerprint density at radius 1 is 1.16 bits per heavy atom. The zero-order chi connectivity index (χ0) is 18.1. The topological polar surface area (TPSA) is 74.3 Å². The van der Waals surface area contributed by atoms with E-state index in [-0.39, 0.29) is 11.1 Å². The Labute approximate surface area is 143 Å². The maximum atomic E-state index is 13.8. The fourth-order valence-electron chi connectivity index (χ4n) is 2.58. The molecule has 0 fully saturated rings. The standard InChI is InChI=1S/C19H13FN2O3/c1-11-14(18(23)22(2)19(24)15(11)10-21)9-12-7-8-17(25-12)13-5-3-4-6-16(13)20/h3-9H,1-2H3/b14-9-. The van der Waals surface area contributed by atoms with Gasteiger partial charge in [0.25, 0.3) is 11.8 Å². The summed E-state index contributed by atoms with van der Waals surface area (Å²) in [5, 5.41) is 9.14. The van der Waals surface area contributed by atoms with Crippen molar-refractivity contribution in [3.63, 3.8) is 0 Å². The number of amides is 2. The molecule has 0 saturated carbocycles. The third-order valence-corrected chi connectivity index (χ3v) is 4.00. The van der Waals surface area contributed by atoms with Gasteiger partial charge in [-0.25, -0.2) is 4.39 Å². The van der Waals surface area contributed by atoms with Crippen molar-refractivity contribution in [3.8, 4) is 17.4 Å². The van der Waals surface area contributed by atoms with Gasteiger partial charge < -0.3 is 4.42 Å². The summed E-state index contributed by atoms with van der Waals surface area (Å²) in [6, 6.07) is 11.2. The van der Waals surface area contributed by atoms with Gasteiger partial charge in [-0.3, -0.25) is 14.5 Å². The van der Waals surface area contributed by atoms with Crippen LogP contribution in [0.1, 0.15) is 12.7 Å². The predicted octanol–water partition coefficient (Wildman–Crippen LogP) is 3.31. The van der Waals surface area contributed by atoms with E-state index in [1.807, 2.05) is 6.07 Å². The van der Waals surface area contributed by atoms with Gasteiger partial charge in [0.05, 0.1) is 5.56 Å². The fraction of sp³-hybridized carbons (Fsp3) is 0.105. The second kappa shape index (κ2) is 6.21. The Morgan fingerprint density at radius 2 is 1.88 bits per heavy atom. The molecule has 1 aromatic heterocycles. The second-order valence-electron chi connectivity index (χ2n) is 5.52. The van der Waals surface area contributed by atoms with E-state index in [0.29, 0.717) is 22.7 Å². The van der Waals surface area contributed by atoms with Crippen molar-refractivity contribution in [2.24, 2.45) is 0 Å². The number of nitrogens with zero attached hydrogens (tertiary/aromatic N) is 2. The van der Waals surface area contributed by atoms with Gasteiger partial charge in [-0.05, 0) is 42.8 Å². The number of carbonyl (C=O) groups is 2. The number of benzene rings is 1. The number of rotatable bonds is 2. The average molecular weight is 336 g/mol. The van der Waals surface area contributed by atoms with Crippen molar-refractivity contribution in [3.05, 3.63) is 64.7 Å². The highest BCUT2D eigenvalue weighted by molar-refractivity contribution is 6.19. The first-order valence-corrected chi connectivity index (χ1v) is 7.44. The van der Waals surface area contributed by atoms with Crippen molar-refractivity contribution in [1.82, 2.24) is 4.90 Å². The van der Waals surface area contributed by atoms with Crippen molar-refractivity contribution in [1.29, 1.82) is 5.26 Å². The van der Waals surface area contributed by atoms with Crippen LogP contribution in [0.15, 0.2) is 57.5 Å². The molecular weight excluding hydrogens is 323 g/mol. The van der Waals surface area contributed by atoms with Crippen molar-refractivity contribution in [2.75, 3.05) is 7.05 Å². The molecule has 0 atom stereocenters. The highest BCUT2D eigenvalue weighted by Gasteiger charge is 2.33. The molecule has 2 amide bonds. The van der Waals surface area contributed by atoms with E-state index in [2.05, 4.69) is 0 Å². The maximum absolute atomic E-state index is 13.8. The third-order valence-electron chi connectivity index (χ3n) is 4.00. The Kier molecular flexibility index (Phi) is 4.07. The minimum absolute atomic E-state index is 0.0887. The van der Waals surface area contributed by atoms with Gasteiger partial charge in [0.2, 0.25) is 0 Å². The number of nitriles is 1. The van der Waals surface area contributed by atoms with Crippen LogP contribution in [0.2, 0.25) is 0 Å². The fourth-order valence-corrected chi connectivity index (χ4v) is 2.58. The van der Waals surface area contributed by atoms with Gasteiger partial charge in [-0.2, -0.15) is 5.26 Å². The van der Waals surface area contributed by atoms with Crippen LogP contribution in [0.4, 0.5) is 4.39 Å². The SMILES string of the molecule is CC1=C(C#N)C(=O)N(C)C(=O)/C1=C\c1ccc(-c2ccccc2F)o1. The lowest BCUT2D eigenvalue weighted by molar-refractivity contribution is -0.138. The Hall–Kier alpha value is -3.46. The summed E-state index contributed by atoms with van der Waals surface area (Å²) in [4.78, 5) is 25.2. The maximum Gasteiger partial charge on any atom is 0.271 e. The van der Waals surface area contributed by atoms with E-state index in [4.69, 9.17) is 9.68 Å². The molecular formula is C19H13FN2O3. The molecule has 0 radical (unpaired) electrons. The lowest BCUT2D eigenvalue weighted by atomic mass is 9.95. The zero-order valence-electron chi connectivity index (χ0n) is 13.5. The summed E-state index contributed by atoms with van der Waals surface area (Å²) < 4.78 is 19.4. The first-order valence-electron chi connectivity index (χ1n) is 7.44. The second-order valence-corrected chi connectivity index (χ2v) is 5.52. The van der Waals surface area contributed by atoms with Crippen LogP contribution >= 0.6 is 0 Å². The largest absolute Gasteiger partial charge is 0.457 e. The molecule has 2 aromatic rings. The van der Waals surface area contributed by atoms with E-state index in [1.54, 1.807) is 30.3 Å². The van der Waals surface area contributed by atoms with Crippen molar-refractivity contribution in [2.45, 2.75) is 6.92 Å². The molecule has 0 aliphatic carbocycles. The minimum Gasteiger partial charge on any atom is -0.457 e. The number of furan rings is 1. The molecule has 0 bridgehead atoms. The smallest absolute Gasteiger partial charge is 0.271 e. The molecule has 25 heavy (non-hydrogen) atoms. The Balaban J connectivity index is 2.05. The van der Waals surface area contributed by atoms with Crippen LogP contribution in [0.5, 0.6) is 0 Å². The van der Waals surface area contributed by atoms with E-state index >= 15 is 0 Å². The van der Waals surface area contributed by atoms with E-state index < -0.39 is 17.6 Å². The summed E-state index contributed by atoms with van der Waals surface area (Å²) in [6.07, 6.45) is 1.45. The van der Waals surface area contributed by atoms with Crippen LogP contribution in [-0.4, -0.2) is 23.8 Å². The number of hydrogen-bond donors (Lipinski definition) is 0. The monoisotopic (exact) mass is 336 g/mol. The molecule has 1 aliphatic rings.